The Balaban J connectivity index is 1.43. The molecule has 0 atom stereocenters. The summed E-state index contributed by atoms with van der Waals surface area (Å²) in [6, 6.07) is 21.1. The number of anilines is 1. The van der Waals surface area contributed by atoms with Crippen LogP contribution < -0.4 is 10.1 Å². The molecule has 0 aliphatic carbocycles. The van der Waals surface area contributed by atoms with Crippen LogP contribution in [-0.4, -0.2) is 15.7 Å². The number of ether oxygens (including phenoxy) is 1. The molecule has 32 heavy (non-hydrogen) atoms. The van der Waals surface area contributed by atoms with Crippen LogP contribution in [0.3, 0.4) is 0 Å². The summed E-state index contributed by atoms with van der Waals surface area (Å²) in [5.74, 6) is 0.245. The second kappa shape index (κ2) is 9.97. The summed E-state index contributed by atoms with van der Waals surface area (Å²) in [5, 5.41) is 7.26. The fourth-order valence-electron chi connectivity index (χ4n) is 3.07. The highest BCUT2D eigenvalue weighted by atomic mass is 79.9. The molecule has 162 valence electrons. The molecule has 3 aromatic carbocycles. The molecule has 1 N–H and O–H groups in total. The molecule has 5 nitrogen and oxygen atoms in total. The maximum Gasteiger partial charge on any atom is 0.256 e. The Morgan fingerprint density at radius 2 is 1.88 bits per heavy atom. The van der Waals surface area contributed by atoms with Crippen LogP contribution in [-0.2, 0) is 13.2 Å². The van der Waals surface area contributed by atoms with Crippen molar-refractivity contribution in [3.05, 3.63) is 111 Å². The van der Waals surface area contributed by atoms with E-state index in [1.807, 2.05) is 30.3 Å². The first-order valence-electron chi connectivity index (χ1n) is 9.73. The Hall–Kier alpha value is -3.16. The minimum Gasteiger partial charge on any atom is -0.488 e. The van der Waals surface area contributed by atoms with Crippen LogP contribution >= 0.6 is 27.5 Å². The van der Waals surface area contributed by atoms with Gasteiger partial charge in [-0.15, -0.1) is 0 Å². The minimum atomic E-state index is -0.356. The monoisotopic (exact) mass is 513 g/mol. The second-order valence-electron chi connectivity index (χ2n) is 6.99. The van der Waals surface area contributed by atoms with Gasteiger partial charge < -0.3 is 10.1 Å². The first-order valence-corrected chi connectivity index (χ1v) is 10.9. The van der Waals surface area contributed by atoms with Gasteiger partial charge in [-0.2, -0.15) is 5.10 Å². The van der Waals surface area contributed by atoms with Crippen LogP contribution in [0.4, 0.5) is 10.2 Å². The van der Waals surface area contributed by atoms with Gasteiger partial charge in [-0.1, -0.05) is 54.1 Å². The van der Waals surface area contributed by atoms with Gasteiger partial charge in [0.15, 0.2) is 5.82 Å². The quantitative estimate of drug-likeness (QED) is 0.314. The fourth-order valence-corrected chi connectivity index (χ4v) is 3.67. The number of hydrogen-bond donors (Lipinski definition) is 1. The third-order valence-electron chi connectivity index (χ3n) is 4.66. The van der Waals surface area contributed by atoms with Gasteiger partial charge in [0.1, 0.15) is 23.2 Å². The number of hydrogen-bond acceptors (Lipinski definition) is 3. The molecule has 0 bridgehead atoms. The minimum absolute atomic E-state index is 0.199. The van der Waals surface area contributed by atoms with Crippen molar-refractivity contribution in [2.24, 2.45) is 0 Å². The Morgan fingerprint density at radius 3 is 2.69 bits per heavy atom. The maximum atomic E-state index is 13.9. The average molecular weight is 515 g/mol. The predicted molar refractivity (Wildman–Crippen MR) is 126 cm³/mol. The van der Waals surface area contributed by atoms with Crippen molar-refractivity contribution in [1.29, 1.82) is 0 Å². The molecule has 4 rings (SSSR count). The van der Waals surface area contributed by atoms with E-state index in [4.69, 9.17) is 16.3 Å². The largest absolute Gasteiger partial charge is 0.488 e. The lowest BCUT2D eigenvalue weighted by molar-refractivity contribution is 0.102. The summed E-state index contributed by atoms with van der Waals surface area (Å²) in [7, 11) is 0. The van der Waals surface area contributed by atoms with Gasteiger partial charge in [-0.3, -0.25) is 9.48 Å². The van der Waals surface area contributed by atoms with Crippen LogP contribution in [0.5, 0.6) is 5.75 Å². The number of halogens is 3. The van der Waals surface area contributed by atoms with Gasteiger partial charge in [-0.05, 0) is 51.8 Å². The molecule has 0 spiro atoms. The molecule has 1 aromatic heterocycles. The van der Waals surface area contributed by atoms with Crippen molar-refractivity contribution < 1.29 is 13.9 Å². The van der Waals surface area contributed by atoms with Crippen molar-refractivity contribution in [2.75, 3.05) is 5.32 Å². The molecule has 1 amide bonds. The molecule has 8 heteroatoms. The van der Waals surface area contributed by atoms with Crippen molar-refractivity contribution >= 4 is 39.3 Å². The summed E-state index contributed by atoms with van der Waals surface area (Å²) in [6.45, 7) is 0.506. The molecule has 0 unspecified atom stereocenters. The molecular weight excluding hydrogens is 497 g/mol. The van der Waals surface area contributed by atoms with Crippen LogP contribution in [0.2, 0.25) is 5.02 Å². The number of amides is 1. The summed E-state index contributed by atoms with van der Waals surface area (Å²) >= 11 is 9.68. The average Bonchev–Trinajstić information content (AvgIpc) is 3.13. The molecule has 1 heterocycles. The Labute approximate surface area is 197 Å². The van der Waals surface area contributed by atoms with Crippen molar-refractivity contribution in [3.63, 3.8) is 0 Å². The van der Waals surface area contributed by atoms with E-state index < -0.39 is 0 Å². The van der Waals surface area contributed by atoms with Gasteiger partial charge in [0.05, 0.1) is 11.0 Å². The second-order valence-corrected chi connectivity index (χ2v) is 8.25. The summed E-state index contributed by atoms with van der Waals surface area (Å²) < 4.78 is 22.0. The number of rotatable bonds is 7. The van der Waals surface area contributed by atoms with Crippen LogP contribution in [0.15, 0.2) is 83.5 Å². The number of para-hydroxylation sites is 1. The van der Waals surface area contributed by atoms with E-state index in [0.717, 1.165) is 15.8 Å². The van der Waals surface area contributed by atoms with E-state index in [-0.39, 0.29) is 29.1 Å². The molecule has 0 saturated heterocycles. The Bertz CT molecular complexity index is 1260. The zero-order chi connectivity index (χ0) is 22.5. The van der Waals surface area contributed by atoms with Crippen molar-refractivity contribution in [1.82, 2.24) is 9.78 Å². The van der Waals surface area contributed by atoms with E-state index in [0.29, 0.717) is 17.7 Å². The summed E-state index contributed by atoms with van der Waals surface area (Å²) in [5.41, 5.74) is 1.75. The molecule has 0 saturated carbocycles. The smallest absolute Gasteiger partial charge is 0.256 e. The molecule has 0 aliphatic rings. The highest BCUT2D eigenvalue weighted by Crippen LogP contribution is 2.25. The molecular formula is C24H18BrClFN3O2. The van der Waals surface area contributed by atoms with E-state index in [2.05, 4.69) is 26.3 Å². The lowest BCUT2D eigenvalue weighted by atomic mass is 10.1. The standard InChI is InChI=1S/C24H18BrClFN3O2/c25-19-9-2-4-11-22(19)32-15-16-6-5-8-17(12-16)24(31)28-23-20(26)14-30(29-23)13-18-7-1-3-10-21(18)27/h1-12,14H,13,15H2,(H,28,29,31). The normalized spacial score (nSPS) is 10.7. The lowest BCUT2D eigenvalue weighted by Crippen LogP contribution is -2.13. The van der Waals surface area contributed by atoms with Gasteiger partial charge in [0.25, 0.3) is 5.91 Å². The van der Waals surface area contributed by atoms with Crippen molar-refractivity contribution in [3.8, 4) is 5.75 Å². The number of carbonyl (C=O) groups excluding carboxylic acids is 1. The van der Waals surface area contributed by atoms with E-state index >= 15 is 0 Å². The van der Waals surface area contributed by atoms with E-state index in [1.165, 1.54) is 10.7 Å². The summed E-state index contributed by atoms with van der Waals surface area (Å²) in [4.78, 5) is 12.7. The third-order valence-corrected chi connectivity index (χ3v) is 5.59. The predicted octanol–water partition coefficient (Wildman–Crippen LogP) is 6.32. The molecule has 0 fully saturated rings. The molecule has 0 aliphatic heterocycles. The van der Waals surface area contributed by atoms with Crippen LogP contribution in [0, 0.1) is 5.82 Å². The SMILES string of the molecule is O=C(Nc1nn(Cc2ccccc2F)cc1Cl)c1cccc(COc2ccccc2Br)c1. The van der Waals surface area contributed by atoms with E-state index in [9.17, 15) is 9.18 Å². The lowest BCUT2D eigenvalue weighted by Gasteiger charge is -2.09. The van der Waals surface area contributed by atoms with Crippen LogP contribution in [0.25, 0.3) is 0 Å². The van der Waals surface area contributed by atoms with E-state index in [1.54, 1.807) is 42.6 Å². The number of nitrogens with one attached hydrogen (secondary N) is 1. The van der Waals surface area contributed by atoms with Gasteiger partial charge in [0.2, 0.25) is 0 Å². The first-order chi connectivity index (χ1) is 15.5. The number of carbonyl (C=O) groups is 1. The number of aromatic nitrogens is 2. The molecule has 4 aromatic rings. The fraction of sp³-hybridized carbons (Fsp3) is 0.0833. The van der Waals surface area contributed by atoms with Gasteiger partial charge in [0, 0.05) is 17.3 Å². The summed E-state index contributed by atoms with van der Waals surface area (Å²) in [6.07, 6.45) is 1.55. The zero-order valence-electron chi connectivity index (χ0n) is 16.8. The topological polar surface area (TPSA) is 56.2 Å². The van der Waals surface area contributed by atoms with Crippen molar-refractivity contribution in [2.45, 2.75) is 13.2 Å². The highest BCUT2D eigenvalue weighted by molar-refractivity contribution is 9.10. The molecule has 0 radical (unpaired) electrons. The highest BCUT2D eigenvalue weighted by Gasteiger charge is 2.14. The van der Waals surface area contributed by atoms with Gasteiger partial charge in [-0.25, -0.2) is 4.39 Å². The number of nitrogens with zero attached hydrogens (tertiary/aromatic N) is 2. The zero-order valence-corrected chi connectivity index (χ0v) is 19.1. The third kappa shape index (κ3) is 5.36. The first kappa shape index (κ1) is 22.0. The Morgan fingerprint density at radius 1 is 1.09 bits per heavy atom. The van der Waals surface area contributed by atoms with Gasteiger partial charge >= 0.3 is 0 Å². The van der Waals surface area contributed by atoms with Crippen LogP contribution in [0.1, 0.15) is 21.5 Å². The number of benzene rings is 3. The maximum absolute atomic E-state index is 13.9. The Kier molecular flexibility index (Phi) is 6.87.